The molecule has 0 unspecified atom stereocenters. The van der Waals surface area contributed by atoms with Crippen molar-refractivity contribution in [3.8, 4) is 5.75 Å². The van der Waals surface area contributed by atoms with Crippen LogP contribution in [0.2, 0.25) is 0 Å². The van der Waals surface area contributed by atoms with Gasteiger partial charge < -0.3 is 10.8 Å². The quantitative estimate of drug-likeness (QED) is 0.341. The lowest BCUT2D eigenvalue weighted by Crippen LogP contribution is -1.90. The molecule has 0 fully saturated rings. The van der Waals surface area contributed by atoms with Gasteiger partial charge in [0.05, 0.1) is 0 Å². The maximum absolute atomic E-state index is 10.2. The minimum atomic E-state index is 0.0521. The first kappa shape index (κ1) is 6.61. The highest BCUT2D eigenvalue weighted by Gasteiger charge is 1.96. The largest absolute Gasteiger partial charge is 0.508 e. The number of anilines is 1. The van der Waals surface area contributed by atoms with Gasteiger partial charge in [-0.25, -0.2) is 0 Å². The Morgan fingerprint density at radius 2 is 2.20 bits per heavy atom. The maximum atomic E-state index is 10.2. The highest BCUT2D eigenvalue weighted by Crippen LogP contribution is 2.15. The lowest BCUT2D eigenvalue weighted by Gasteiger charge is -1.96. The molecule has 0 aromatic heterocycles. The molecule has 52 valence electrons. The number of hydrogen-bond acceptors (Lipinski definition) is 3. The zero-order valence-electron chi connectivity index (χ0n) is 5.24. The Labute approximate surface area is 58.1 Å². The van der Waals surface area contributed by atoms with Gasteiger partial charge in [0.25, 0.3) is 0 Å². The molecular formula is C7H7NO2. The number of nitrogens with two attached hydrogens (primary N) is 1. The van der Waals surface area contributed by atoms with Gasteiger partial charge in [-0.15, -0.1) is 0 Å². The van der Waals surface area contributed by atoms with E-state index in [0.29, 0.717) is 17.5 Å². The van der Waals surface area contributed by atoms with Crippen LogP contribution in [0.15, 0.2) is 18.2 Å². The first-order chi connectivity index (χ1) is 4.74. The van der Waals surface area contributed by atoms with Crippen molar-refractivity contribution in [3.63, 3.8) is 0 Å². The summed E-state index contributed by atoms with van der Waals surface area (Å²) in [5.41, 5.74) is 6.06. The molecule has 1 aromatic carbocycles. The third-order valence-corrected chi connectivity index (χ3v) is 1.20. The number of carbonyl (C=O) groups is 1. The highest BCUT2D eigenvalue weighted by atomic mass is 16.3. The van der Waals surface area contributed by atoms with Crippen molar-refractivity contribution in [2.75, 3.05) is 5.73 Å². The van der Waals surface area contributed by atoms with Crippen LogP contribution in [0.1, 0.15) is 10.4 Å². The summed E-state index contributed by atoms with van der Waals surface area (Å²) in [5.74, 6) is 0.0521. The van der Waals surface area contributed by atoms with E-state index in [1.165, 1.54) is 18.2 Å². The monoisotopic (exact) mass is 137 g/mol. The zero-order valence-corrected chi connectivity index (χ0v) is 5.24. The van der Waals surface area contributed by atoms with Gasteiger partial charge >= 0.3 is 0 Å². The highest BCUT2D eigenvalue weighted by molar-refractivity contribution is 5.83. The van der Waals surface area contributed by atoms with Gasteiger partial charge in [-0.1, -0.05) is 0 Å². The fraction of sp³-hybridized carbons (Fsp3) is 0. The molecule has 0 radical (unpaired) electrons. The summed E-state index contributed by atoms with van der Waals surface area (Å²) in [6, 6.07) is 4.24. The summed E-state index contributed by atoms with van der Waals surface area (Å²) >= 11 is 0. The molecule has 0 heterocycles. The number of hydrogen-bond donors (Lipinski definition) is 2. The summed E-state index contributed by atoms with van der Waals surface area (Å²) in [4.78, 5) is 10.2. The van der Waals surface area contributed by atoms with Crippen LogP contribution < -0.4 is 5.73 Å². The Balaban J connectivity index is 3.21. The topological polar surface area (TPSA) is 63.3 Å². The number of carbonyl (C=O) groups excluding carboxylic acids is 1. The van der Waals surface area contributed by atoms with Crippen LogP contribution in [-0.2, 0) is 0 Å². The van der Waals surface area contributed by atoms with Crippen molar-refractivity contribution < 1.29 is 9.90 Å². The number of aromatic hydroxyl groups is 1. The molecule has 0 aliphatic carbocycles. The molecular weight excluding hydrogens is 130 g/mol. The van der Waals surface area contributed by atoms with Crippen LogP contribution in [0.5, 0.6) is 5.75 Å². The summed E-state index contributed by atoms with van der Waals surface area (Å²) in [5, 5.41) is 8.85. The lowest BCUT2D eigenvalue weighted by atomic mass is 10.2. The van der Waals surface area contributed by atoms with Crippen molar-refractivity contribution in [2.24, 2.45) is 0 Å². The van der Waals surface area contributed by atoms with Crippen LogP contribution in [0.4, 0.5) is 5.69 Å². The van der Waals surface area contributed by atoms with Crippen LogP contribution in [0, 0.1) is 0 Å². The molecule has 0 saturated carbocycles. The second-order valence-electron chi connectivity index (χ2n) is 1.93. The number of benzene rings is 1. The predicted molar refractivity (Wildman–Crippen MR) is 37.9 cm³/mol. The van der Waals surface area contributed by atoms with Crippen molar-refractivity contribution in [2.45, 2.75) is 0 Å². The van der Waals surface area contributed by atoms with E-state index in [9.17, 15) is 4.79 Å². The third-order valence-electron chi connectivity index (χ3n) is 1.20. The average molecular weight is 137 g/mol. The van der Waals surface area contributed by atoms with Gasteiger partial charge in [-0.2, -0.15) is 0 Å². The Morgan fingerprint density at radius 3 is 2.70 bits per heavy atom. The minimum absolute atomic E-state index is 0.0521. The molecule has 3 N–H and O–H groups in total. The second kappa shape index (κ2) is 2.39. The molecule has 0 atom stereocenters. The summed E-state index contributed by atoms with van der Waals surface area (Å²) in [6.45, 7) is 0. The normalized spacial score (nSPS) is 9.20. The summed E-state index contributed by atoms with van der Waals surface area (Å²) < 4.78 is 0. The van der Waals surface area contributed by atoms with E-state index in [2.05, 4.69) is 0 Å². The summed E-state index contributed by atoms with van der Waals surface area (Å²) in [7, 11) is 0. The van der Waals surface area contributed by atoms with Gasteiger partial charge in [0.2, 0.25) is 0 Å². The molecule has 0 saturated heterocycles. The molecule has 0 bridgehead atoms. The summed E-state index contributed by atoms with van der Waals surface area (Å²) in [6.07, 6.45) is 0.606. The smallest absolute Gasteiger partial charge is 0.152 e. The standard InChI is InChI=1S/C7H7NO2/c8-7-2-1-6(10)3-5(7)4-9/h1-4,10H,8H2. The lowest BCUT2D eigenvalue weighted by molar-refractivity contribution is 0.112. The zero-order chi connectivity index (χ0) is 7.56. The van der Waals surface area contributed by atoms with Crippen molar-refractivity contribution in [3.05, 3.63) is 23.8 Å². The van der Waals surface area contributed by atoms with Gasteiger partial charge in [0.1, 0.15) is 5.75 Å². The van der Waals surface area contributed by atoms with E-state index in [1.807, 2.05) is 0 Å². The number of rotatable bonds is 1. The fourth-order valence-corrected chi connectivity index (χ4v) is 0.664. The molecule has 0 aliphatic rings. The van der Waals surface area contributed by atoms with Crippen LogP contribution in [-0.4, -0.2) is 11.4 Å². The van der Waals surface area contributed by atoms with E-state index in [1.54, 1.807) is 0 Å². The van der Waals surface area contributed by atoms with Gasteiger partial charge in [0, 0.05) is 11.3 Å². The molecule has 1 rings (SSSR count). The molecule has 3 nitrogen and oxygen atoms in total. The molecule has 0 amide bonds. The van der Waals surface area contributed by atoms with Crippen LogP contribution in [0.25, 0.3) is 0 Å². The van der Waals surface area contributed by atoms with Crippen molar-refractivity contribution in [1.82, 2.24) is 0 Å². The SMILES string of the molecule is Nc1ccc(O)cc1C=O. The number of nitrogen functional groups attached to an aromatic ring is 1. The number of phenols is 1. The first-order valence-corrected chi connectivity index (χ1v) is 2.77. The maximum Gasteiger partial charge on any atom is 0.152 e. The van der Waals surface area contributed by atoms with E-state index < -0.39 is 0 Å². The van der Waals surface area contributed by atoms with Crippen LogP contribution >= 0.6 is 0 Å². The Kier molecular flexibility index (Phi) is 1.58. The number of aldehydes is 1. The molecule has 0 spiro atoms. The van der Waals surface area contributed by atoms with E-state index in [-0.39, 0.29) is 5.75 Å². The predicted octanol–water partition coefficient (Wildman–Crippen LogP) is 0.787. The van der Waals surface area contributed by atoms with Gasteiger partial charge in [-0.3, -0.25) is 4.79 Å². The molecule has 10 heavy (non-hydrogen) atoms. The molecule has 0 aliphatic heterocycles. The second-order valence-corrected chi connectivity index (χ2v) is 1.93. The average Bonchev–Trinajstić information content (AvgIpc) is 1.94. The minimum Gasteiger partial charge on any atom is -0.508 e. The van der Waals surface area contributed by atoms with E-state index in [0.717, 1.165) is 0 Å². The number of phenolic OH excluding ortho intramolecular Hbond substituents is 1. The molecule has 3 heteroatoms. The Bertz CT molecular complexity index is 258. The fourth-order valence-electron chi connectivity index (χ4n) is 0.664. The third kappa shape index (κ3) is 1.07. The Morgan fingerprint density at radius 1 is 1.50 bits per heavy atom. The van der Waals surface area contributed by atoms with E-state index in [4.69, 9.17) is 10.8 Å². The van der Waals surface area contributed by atoms with Gasteiger partial charge in [-0.05, 0) is 18.2 Å². The van der Waals surface area contributed by atoms with Crippen molar-refractivity contribution >= 4 is 12.0 Å². The molecule has 1 aromatic rings. The van der Waals surface area contributed by atoms with Gasteiger partial charge in [0.15, 0.2) is 6.29 Å². The van der Waals surface area contributed by atoms with Crippen molar-refractivity contribution in [1.29, 1.82) is 0 Å². The first-order valence-electron chi connectivity index (χ1n) is 2.77. The van der Waals surface area contributed by atoms with E-state index >= 15 is 0 Å². The van der Waals surface area contributed by atoms with Crippen LogP contribution in [0.3, 0.4) is 0 Å². The Hall–Kier alpha value is -1.51.